The van der Waals surface area contributed by atoms with Gasteiger partial charge in [-0.1, -0.05) is 49.1 Å². The number of nitrogens with one attached hydrogen (secondary N) is 2. The number of aryl methyl sites for hydroxylation is 1. The number of amides is 4. The van der Waals surface area contributed by atoms with Gasteiger partial charge in [0.25, 0.3) is 11.8 Å². The highest BCUT2D eigenvalue weighted by Gasteiger charge is 2.40. The van der Waals surface area contributed by atoms with Crippen molar-refractivity contribution in [2.45, 2.75) is 51.6 Å². The molecule has 0 radical (unpaired) electrons. The van der Waals surface area contributed by atoms with Crippen LogP contribution in [0.4, 0.5) is 10.5 Å². The smallest absolute Gasteiger partial charge is 0.319 e. The zero-order valence-electron chi connectivity index (χ0n) is 16.5. The molecule has 150 valence electrons. The van der Waals surface area contributed by atoms with Crippen LogP contribution >= 0.6 is 0 Å². The zero-order chi connectivity index (χ0) is 20.4. The van der Waals surface area contributed by atoms with Gasteiger partial charge in [-0.2, -0.15) is 0 Å². The predicted octanol–water partition coefficient (Wildman–Crippen LogP) is 4.25. The van der Waals surface area contributed by atoms with E-state index >= 15 is 0 Å². The fraction of sp³-hybridized carbons (Fsp3) is 0.348. The van der Waals surface area contributed by atoms with Gasteiger partial charge in [0.05, 0.1) is 11.1 Å². The van der Waals surface area contributed by atoms with Crippen molar-refractivity contribution in [3.63, 3.8) is 0 Å². The van der Waals surface area contributed by atoms with E-state index in [1.807, 2.05) is 31.2 Å². The van der Waals surface area contributed by atoms with E-state index in [0.717, 1.165) is 43.2 Å². The molecule has 0 saturated heterocycles. The lowest BCUT2D eigenvalue weighted by molar-refractivity contribution is 0.0549. The highest BCUT2D eigenvalue weighted by molar-refractivity contribution is 6.22. The number of fused-ring (bicyclic) bond motifs is 1. The molecule has 1 heterocycles. The Morgan fingerprint density at radius 3 is 2.38 bits per heavy atom. The minimum Gasteiger partial charge on any atom is -0.334 e. The van der Waals surface area contributed by atoms with E-state index in [2.05, 4.69) is 10.6 Å². The monoisotopic (exact) mass is 391 g/mol. The summed E-state index contributed by atoms with van der Waals surface area (Å²) >= 11 is 0. The summed E-state index contributed by atoms with van der Waals surface area (Å²) in [5, 5.41) is 5.55. The summed E-state index contributed by atoms with van der Waals surface area (Å²) in [6.45, 7) is 2.42. The summed E-state index contributed by atoms with van der Waals surface area (Å²) < 4.78 is 0. The zero-order valence-corrected chi connectivity index (χ0v) is 16.5. The number of nitrogens with zero attached hydrogens (tertiary/aromatic N) is 1. The molecule has 0 aromatic heterocycles. The van der Waals surface area contributed by atoms with Crippen LogP contribution in [0.5, 0.6) is 0 Å². The Balaban J connectivity index is 1.41. The molecule has 1 saturated carbocycles. The summed E-state index contributed by atoms with van der Waals surface area (Å²) in [5.41, 5.74) is 3.46. The standard InChI is InChI=1S/C23H25N3O3/c1-15-7-9-16(10-8-15)14-24-23(29)25-17-11-12-19-20(13-17)22(28)26(21(19)27)18-5-3-2-4-6-18/h7-13,18H,2-6,14H2,1H3,(H2,24,25,29). The maximum Gasteiger partial charge on any atom is 0.319 e. The summed E-state index contributed by atoms with van der Waals surface area (Å²) in [6, 6.07) is 12.5. The molecule has 0 atom stereocenters. The minimum atomic E-state index is -0.355. The van der Waals surface area contributed by atoms with E-state index in [-0.39, 0.29) is 23.9 Å². The lowest BCUT2D eigenvalue weighted by Gasteiger charge is -2.29. The maximum atomic E-state index is 12.9. The van der Waals surface area contributed by atoms with Crippen LogP contribution in [0.1, 0.15) is 63.9 Å². The highest BCUT2D eigenvalue weighted by atomic mass is 16.2. The number of imide groups is 1. The van der Waals surface area contributed by atoms with Gasteiger partial charge in [-0.05, 0) is 43.5 Å². The number of hydrogen-bond acceptors (Lipinski definition) is 3. The third-order valence-corrected chi connectivity index (χ3v) is 5.69. The Hall–Kier alpha value is -3.15. The van der Waals surface area contributed by atoms with Crippen LogP contribution in [0.25, 0.3) is 0 Å². The molecule has 4 amide bonds. The average Bonchev–Trinajstić information content (AvgIpc) is 2.98. The quantitative estimate of drug-likeness (QED) is 0.765. The van der Waals surface area contributed by atoms with Gasteiger partial charge in [-0.15, -0.1) is 0 Å². The molecular formula is C23H25N3O3. The van der Waals surface area contributed by atoms with Crippen LogP contribution in [-0.2, 0) is 6.54 Å². The van der Waals surface area contributed by atoms with Crippen LogP contribution in [0.2, 0.25) is 0 Å². The Kier molecular flexibility index (Phi) is 5.34. The van der Waals surface area contributed by atoms with Crippen LogP contribution in [0, 0.1) is 6.92 Å². The Bertz CT molecular complexity index is 946. The van der Waals surface area contributed by atoms with Gasteiger partial charge in [-0.3, -0.25) is 14.5 Å². The number of benzene rings is 2. The second-order valence-corrected chi connectivity index (χ2v) is 7.83. The number of carbonyl (C=O) groups excluding carboxylic acids is 3. The number of rotatable bonds is 4. The summed E-state index contributed by atoms with van der Waals surface area (Å²) in [7, 11) is 0. The van der Waals surface area contributed by atoms with Crippen molar-refractivity contribution >= 4 is 23.5 Å². The van der Waals surface area contributed by atoms with Crippen molar-refractivity contribution in [3.8, 4) is 0 Å². The maximum absolute atomic E-state index is 12.9. The first-order chi connectivity index (χ1) is 14.0. The van der Waals surface area contributed by atoms with Gasteiger partial charge in [-0.25, -0.2) is 4.79 Å². The van der Waals surface area contributed by atoms with Crippen molar-refractivity contribution in [2.75, 3.05) is 5.32 Å². The largest absolute Gasteiger partial charge is 0.334 e. The van der Waals surface area contributed by atoms with E-state index in [9.17, 15) is 14.4 Å². The van der Waals surface area contributed by atoms with Gasteiger partial charge in [0.2, 0.25) is 0 Å². The molecule has 2 N–H and O–H groups in total. The highest BCUT2D eigenvalue weighted by Crippen LogP contribution is 2.32. The predicted molar refractivity (Wildman–Crippen MR) is 111 cm³/mol. The molecule has 0 unspecified atom stereocenters. The van der Waals surface area contributed by atoms with Gasteiger partial charge >= 0.3 is 6.03 Å². The summed E-state index contributed by atoms with van der Waals surface area (Å²) in [4.78, 5) is 39.2. The molecule has 4 rings (SSSR count). The van der Waals surface area contributed by atoms with Crippen molar-refractivity contribution in [1.82, 2.24) is 10.2 Å². The number of anilines is 1. The van der Waals surface area contributed by atoms with E-state index in [4.69, 9.17) is 0 Å². The third kappa shape index (κ3) is 4.01. The SMILES string of the molecule is Cc1ccc(CNC(=O)Nc2ccc3c(c2)C(=O)N(C2CCCCC2)C3=O)cc1. The lowest BCUT2D eigenvalue weighted by Crippen LogP contribution is -2.40. The average molecular weight is 391 g/mol. The summed E-state index contributed by atoms with van der Waals surface area (Å²) in [6.07, 6.45) is 5.00. The number of hydrogen-bond donors (Lipinski definition) is 2. The third-order valence-electron chi connectivity index (χ3n) is 5.69. The molecular weight excluding hydrogens is 366 g/mol. The molecule has 2 aromatic carbocycles. The second-order valence-electron chi connectivity index (χ2n) is 7.83. The Labute approximate surface area is 170 Å². The Morgan fingerprint density at radius 1 is 0.966 bits per heavy atom. The fourth-order valence-corrected chi connectivity index (χ4v) is 4.07. The summed E-state index contributed by atoms with van der Waals surface area (Å²) in [5.74, 6) is -0.465. The molecule has 1 aliphatic heterocycles. The van der Waals surface area contributed by atoms with Crippen LogP contribution in [-0.4, -0.2) is 28.8 Å². The Morgan fingerprint density at radius 2 is 1.66 bits per heavy atom. The molecule has 6 heteroatoms. The molecule has 6 nitrogen and oxygen atoms in total. The first-order valence-corrected chi connectivity index (χ1v) is 10.2. The minimum absolute atomic E-state index is 0.00892. The molecule has 1 fully saturated rings. The molecule has 2 aromatic rings. The van der Waals surface area contributed by atoms with Crippen LogP contribution < -0.4 is 10.6 Å². The van der Waals surface area contributed by atoms with Gasteiger partial charge < -0.3 is 10.6 Å². The van der Waals surface area contributed by atoms with E-state index in [1.165, 1.54) is 4.90 Å². The molecule has 2 aliphatic rings. The van der Waals surface area contributed by atoms with E-state index in [1.54, 1.807) is 18.2 Å². The van der Waals surface area contributed by atoms with Crippen molar-refractivity contribution in [1.29, 1.82) is 0 Å². The van der Waals surface area contributed by atoms with E-state index in [0.29, 0.717) is 23.4 Å². The fourth-order valence-electron chi connectivity index (χ4n) is 4.07. The topological polar surface area (TPSA) is 78.5 Å². The number of urea groups is 1. The van der Waals surface area contributed by atoms with Gasteiger partial charge in [0.1, 0.15) is 0 Å². The van der Waals surface area contributed by atoms with Gasteiger partial charge in [0.15, 0.2) is 0 Å². The molecule has 0 spiro atoms. The van der Waals surface area contributed by atoms with Crippen molar-refractivity contribution in [2.24, 2.45) is 0 Å². The van der Waals surface area contributed by atoms with Gasteiger partial charge in [0, 0.05) is 18.3 Å². The van der Waals surface area contributed by atoms with Crippen LogP contribution in [0.3, 0.4) is 0 Å². The van der Waals surface area contributed by atoms with Crippen LogP contribution in [0.15, 0.2) is 42.5 Å². The van der Waals surface area contributed by atoms with Crippen molar-refractivity contribution in [3.05, 3.63) is 64.7 Å². The first kappa shape index (κ1) is 19.2. The van der Waals surface area contributed by atoms with Crippen molar-refractivity contribution < 1.29 is 14.4 Å². The first-order valence-electron chi connectivity index (χ1n) is 10.2. The lowest BCUT2D eigenvalue weighted by atomic mass is 9.94. The molecule has 29 heavy (non-hydrogen) atoms. The van der Waals surface area contributed by atoms with E-state index < -0.39 is 0 Å². The second kappa shape index (κ2) is 8.07. The number of carbonyl (C=O) groups is 3. The molecule has 1 aliphatic carbocycles. The molecule has 0 bridgehead atoms. The normalized spacial score (nSPS) is 16.7.